The van der Waals surface area contributed by atoms with Crippen LogP contribution in [0.25, 0.3) is 0 Å². The summed E-state index contributed by atoms with van der Waals surface area (Å²) >= 11 is 11.2. The quantitative estimate of drug-likeness (QED) is 0.139. The number of nitrogens with one attached hydrogen (secondary N) is 1. The number of hydrogen-bond acceptors (Lipinski definition) is 8. The van der Waals surface area contributed by atoms with Crippen molar-refractivity contribution in [2.75, 3.05) is 24.8 Å². The molecule has 3 aromatic rings. The minimum Gasteiger partial charge on any atom is -0.493 e. The smallest absolute Gasteiger partial charge is 0.338 e. The maximum Gasteiger partial charge on any atom is 0.338 e. The minimum atomic E-state index is -0.574. The Balaban J connectivity index is 1.73. The average Bonchev–Trinajstić information content (AvgIpc) is 3.29. The van der Waals surface area contributed by atoms with Crippen molar-refractivity contribution in [2.45, 2.75) is 51.4 Å². The van der Waals surface area contributed by atoms with Crippen LogP contribution in [0.15, 0.2) is 57.3 Å². The van der Waals surface area contributed by atoms with Gasteiger partial charge in [-0.15, -0.1) is 5.10 Å². The van der Waals surface area contributed by atoms with Crippen LogP contribution >= 0.6 is 39.3 Å². The van der Waals surface area contributed by atoms with Gasteiger partial charge in [-0.25, -0.2) is 9.48 Å². The molecule has 1 aliphatic rings. The van der Waals surface area contributed by atoms with Crippen LogP contribution in [0, 0.1) is 0 Å². The SMILES string of the molecule is CCCCOC(=O)C1=C(C)Nc2nc(SCC)nn2C1c1cc(Br)c(OCc2ccc(Cl)cc2)c(OC)c1. The summed E-state index contributed by atoms with van der Waals surface area (Å²) < 4.78 is 19.9. The average molecular weight is 622 g/mol. The molecule has 4 rings (SSSR count). The first-order valence-corrected chi connectivity index (χ1v) is 14.5. The lowest BCUT2D eigenvalue weighted by molar-refractivity contribution is -0.139. The normalized spacial score (nSPS) is 14.6. The van der Waals surface area contributed by atoms with E-state index in [2.05, 4.69) is 33.2 Å². The summed E-state index contributed by atoms with van der Waals surface area (Å²) in [6, 6.07) is 10.7. The van der Waals surface area contributed by atoms with Crippen molar-refractivity contribution in [3.8, 4) is 11.5 Å². The Kier molecular flexibility index (Phi) is 9.62. The number of aromatic nitrogens is 3. The maximum absolute atomic E-state index is 13.3. The lowest BCUT2D eigenvalue weighted by Gasteiger charge is -2.29. The van der Waals surface area contributed by atoms with Gasteiger partial charge in [0, 0.05) is 10.7 Å². The Morgan fingerprint density at radius 1 is 1.24 bits per heavy atom. The number of methoxy groups -OCH3 is 1. The molecule has 11 heteroatoms. The van der Waals surface area contributed by atoms with Crippen molar-refractivity contribution in [2.24, 2.45) is 0 Å². The minimum absolute atomic E-state index is 0.331. The van der Waals surface area contributed by atoms with E-state index in [4.69, 9.17) is 30.9 Å². The van der Waals surface area contributed by atoms with E-state index in [9.17, 15) is 4.79 Å². The fraction of sp³-hybridized carbons (Fsp3) is 0.370. The third kappa shape index (κ3) is 6.30. The highest BCUT2D eigenvalue weighted by atomic mass is 79.9. The number of anilines is 1. The first-order valence-electron chi connectivity index (χ1n) is 12.3. The van der Waals surface area contributed by atoms with Gasteiger partial charge in [0.1, 0.15) is 12.6 Å². The topological polar surface area (TPSA) is 87.5 Å². The lowest BCUT2D eigenvalue weighted by atomic mass is 9.95. The van der Waals surface area contributed by atoms with E-state index < -0.39 is 12.0 Å². The fourth-order valence-electron chi connectivity index (χ4n) is 4.06. The van der Waals surface area contributed by atoms with Gasteiger partial charge in [-0.3, -0.25) is 0 Å². The zero-order valence-electron chi connectivity index (χ0n) is 21.7. The molecule has 2 aromatic carbocycles. The Hall–Kier alpha value is -2.69. The van der Waals surface area contributed by atoms with Gasteiger partial charge < -0.3 is 19.5 Å². The molecular formula is C27H30BrClN4O4S. The standard InChI is InChI=1S/C27H30BrClN4O4S/c1-5-7-12-36-25(34)22-16(3)30-26-31-27(38-6-2)32-33(26)23(22)18-13-20(28)24(21(14-18)35-4)37-15-17-8-10-19(29)11-9-17/h8-11,13-14,23H,5-7,12,15H2,1-4H3,(H,30,31,32). The van der Waals surface area contributed by atoms with Crippen molar-refractivity contribution >= 4 is 51.2 Å². The third-order valence-corrected chi connectivity index (χ3v) is 7.48. The number of fused-ring (bicyclic) bond motifs is 1. The largest absolute Gasteiger partial charge is 0.493 e. The second kappa shape index (κ2) is 12.9. The summed E-state index contributed by atoms with van der Waals surface area (Å²) in [6.07, 6.45) is 1.72. The van der Waals surface area contributed by atoms with Crippen LogP contribution in [0.2, 0.25) is 5.02 Å². The molecule has 1 aromatic heterocycles. The monoisotopic (exact) mass is 620 g/mol. The van der Waals surface area contributed by atoms with E-state index in [0.717, 1.165) is 29.7 Å². The molecule has 0 aliphatic carbocycles. The summed E-state index contributed by atoms with van der Waals surface area (Å²) in [6.45, 7) is 6.63. The molecule has 1 atom stereocenters. The van der Waals surface area contributed by atoms with Gasteiger partial charge in [0.15, 0.2) is 11.5 Å². The number of thioether (sulfide) groups is 1. The van der Waals surface area contributed by atoms with Crippen molar-refractivity contribution in [1.82, 2.24) is 14.8 Å². The van der Waals surface area contributed by atoms with Gasteiger partial charge in [0.2, 0.25) is 11.1 Å². The Bertz CT molecular complexity index is 1330. The molecule has 8 nitrogen and oxygen atoms in total. The number of esters is 1. The van der Waals surface area contributed by atoms with E-state index in [1.165, 1.54) is 11.8 Å². The highest BCUT2D eigenvalue weighted by Crippen LogP contribution is 2.43. The number of benzene rings is 2. The number of nitrogens with zero attached hydrogens (tertiary/aromatic N) is 3. The van der Waals surface area contributed by atoms with Gasteiger partial charge in [0.25, 0.3) is 0 Å². The molecule has 202 valence electrons. The summed E-state index contributed by atoms with van der Waals surface area (Å²) in [5.41, 5.74) is 2.88. The molecule has 0 saturated carbocycles. The van der Waals surface area contributed by atoms with Gasteiger partial charge in [-0.1, -0.05) is 55.8 Å². The fourth-order valence-corrected chi connectivity index (χ4v) is 5.31. The zero-order chi connectivity index (χ0) is 27.2. The van der Waals surface area contributed by atoms with Crippen LogP contribution in [0.4, 0.5) is 5.95 Å². The predicted octanol–water partition coefficient (Wildman–Crippen LogP) is 7.03. The lowest BCUT2D eigenvalue weighted by Crippen LogP contribution is -2.30. The third-order valence-electron chi connectivity index (χ3n) is 5.92. The van der Waals surface area contributed by atoms with E-state index >= 15 is 0 Å². The molecule has 0 radical (unpaired) electrons. The molecule has 0 spiro atoms. The van der Waals surface area contributed by atoms with Crippen molar-refractivity contribution < 1.29 is 19.0 Å². The van der Waals surface area contributed by atoms with Gasteiger partial charge in [-0.2, -0.15) is 4.98 Å². The first-order chi connectivity index (χ1) is 18.4. The molecule has 0 bridgehead atoms. The van der Waals surface area contributed by atoms with Crippen molar-refractivity contribution in [3.05, 3.63) is 68.3 Å². The summed E-state index contributed by atoms with van der Waals surface area (Å²) in [4.78, 5) is 18.0. The van der Waals surface area contributed by atoms with Crippen LogP contribution in [0.1, 0.15) is 50.8 Å². The van der Waals surface area contributed by atoms with Crippen LogP contribution < -0.4 is 14.8 Å². The Labute approximate surface area is 240 Å². The Morgan fingerprint density at radius 3 is 2.68 bits per heavy atom. The highest BCUT2D eigenvalue weighted by Gasteiger charge is 2.36. The number of halogens is 2. The van der Waals surface area contributed by atoms with E-state index in [-0.39, 0.29) is 0 Å². The van der Waals surface area contributed by atoms with Gasteiger partial charge >= 0.3 is 5.97 Å². The maximum atomic E-state index is 13.3. The number of ether oxygens (including phenoxy) is 3. The summed E-state index contributed by atoms with van der Waals surface area (Å²) in [7, 11) is 1.58. The van der Waals surface area contributed by atoms with Crippen molar-refractivity contribution in [3.63, 3.8) is 0 Å². The van der Waals surface area contributed by atoms with E-state index in [1.807, 2.05) is 50.2 Å². The van der Waals surface area contributed by atoms with E-state index in [0.29, 0.717) is 56.6 Å². The van der Waals surface area contributed by atoms with E-state index in [1.54, 1.807) is 11.8 Å². The van der Waals surface area contributed by atoms with Gasteiger partial charge in [0.05, 0.1) is 23.8 Å². The second-order valence-electron chi connectivity index (χ2n) is 8.60. The van der Waals surface area contributed by atoms with Gasteiger partial charge in [-0.05, 0) is 70.4 Å². The molecule has 0 fully saturated rings. The molecule has 0 amide bonds. The van der Waals surface area contributed by atoms with Crippen LogP contribution in [-0.4, -0.2) is 40.2 Å². The number of carbonyl (C=O) groups is 1. The highest BCUT2D eigenvalue weighted by molar-refractivity contribution is 9.10. The molecule has 1 unspecified atom stereocenters. The second-order valence-corrected chi connectivity index (χ2v) is 11.1. The van der Waals surface area contributed by atoms with Crippen molar-refractivity contribution in [1.29, 1.82) is 0 Å². The molecule has 0 saturated heterocycles. The number of carbonyl (C=O) groups excluding carboxylic acids is 1. The number of hydrogen-bond donors (Lipinski definition) is 1. The molecule has 1 N–H and O–H groups in total. The summed E-state index contributed by atoms with van der Waals surface area (Å²) in [5.74, 6) is 2.06. The van der Waals surface area contributed by atoms with Crippen LogP contribution in [-0.2, 0) is 16.1 Å². The molecular weight excluding hydrogens is 592 g/mol. The number of unbranched alkanes of at least 4 members (excludes halogenated alkanes) is 1. The van der Waals surface area contributed by atoms with Crippen LogP contribution in [0.3, 0.4) is 0 Å². The molecule has 38 heavy (non-hydrogen) atoms. The predicted molar refractivity (Wildman–Crippen MR) is 153 cm³/mol. The number of allylic oxidation sites excluding steroid dienone is 1. The van der Waals surface area contributed by atoms with Crippen LogP contribution in [0.5, 0.6) is 11.5 Å². The first kappa shape index (κ1) is 28.3. The zero-order valence-corrected chi connectivity index (χ0v) is 24.9. The Morgan fingerprint density at radius 2 is 2.00 bits per heavy atom. The summed E-state index contributed by atoms with van der Waals surface area (Å²) in [5, 5.41) is 9.25. The molecule has 1 aliphatic heterocycles. The number of rotatable bonds is 11. The molecule has 2 heterocycles.